The minimum Gasteiger partial charge on any atom is -0.363 e. The molecule has 0 saturated carbocycles. The van der Waals surface area contributed by atoms with E-state index >= 15 is 0 Å². The molecule has 0 aliphatic heterocycles. The van der Waals surface area contributed by atoms with Gasteiger partial charge in [0.05, 0.1) is 17.4 Å². The van der Waals surface area contributed by atoms with E-state index in [1.165, 1.54) is 0 Å². The highest BCUT2D eigenvalue weighted by atomic mass is 35.5. The van der Waals surface area contributed by atoms with Gasteiger partial charge in [0, 0.05) is 44.1 Å². The molecule has 2 aromatic rings. The van der Waals surface area contributed by atoms with Crippen molar-refractivity contribution in [2.45, 2.75) is 33.0 Å². The SMILES string of the molecule is CCn1cc(CNC(=S)NCCCn2cc(Cl)cn2)cn1. The van der Waals surface area contributed by atoms with Gasteiger partial charge in [0.25, 0.3) is 0 Å². The van der Waals surface area contributed by atoms with Crippen molar-refractivity contribution < 1.29 is 0 Å². The summed E-state index contributed by atoms with van der Waals surface area (Å²) < 4.78 is 3.71. The maximum Gasteiger partial charge on any atom is 0.166 e. The number of aromatic nitrogens is 4. The summed E-state index contributed by atoms with van der Waals surface area (Å²) in [6.07, 6.45) is 8.23. The molecule has 0 unspecified atom stereocenters. The van der Waals surface area contributed by atoms with Gasteiger partial charge < -0.3 is 10.6 Å². The Bertz CT molecular complexity index is 579. The maximum absolute atomic E-state index is 5.80. The molecule has 0 bridgehead atoms. The Hall–Kier alpha value is -1.60. The summed E-state index contributed by atoms with van der Waals surface area (Å²) in [5, 5.41) is 16.0. The van der Waals surface area contributed by atoms with Gasteiger partial charge in [0.2, 0.25) is 0 Å². The number of hydrogen-bond acceptors (Lipinski definition) is 3. The van der Waals surface area contributed by atoms with Gasteiger partial charge in [-0.25, -0.2) is 0 Å². The molecule has 2 N–H and O–H groups in total. The first-order chi connectivity index (χ1) is 10.2. The van der Waals surface area contributed by atoms with Crippen molar-refractivity contribution in [1.82, 2.24) is 30.2 Å². The summed E-state index contributed by atoms with van der Waals surface area (Å²) >= 11 is 11.0. The molecule has 0 amide bonds. The van der Waals surface area contributed by atoms with Crippen molar-refractivity contribution in [3.8, 4) is 0 Å². The fraction of sp³-hybridized carbons (Fsp3) is 0.462. The Labute approximate surface area is 134 Å². The minimum absolute atomic E-state index is 0.651. The van der Waals surface area contributed by atoms with Crippen LogP contribution in [0.3, 0.4) is 0 Å². The molecule has 21 heavy (non-hydrogen) atoms. The van der Waals surface area contributed by atoms with Gasteiger partial charge >= 0.3 is 0 Å². The zero-order valence-electron chi connectivity index (χ0n) is 11.9. The number of thiocarbonyl (C=S) groups is 1. The van der Waals surface area contributed by atoms with E-state index < -0.39 is 0 Å². The fourth-order valence-electron chi connectivity index (χ4n) is 1.82. The quantitative estimate of drug-likeness (QED) is 0.600. The minimum atomic E-state index is 0.651. The smallest absolute Gasteiger partial charge is 0.166 e. The summed E-state index contributed by atoms with van der Waals surface area (Å²) in [5.41, 5.74) is 1.12. The molecule has 0 spiro atoms. The van der Waals surface area contributed by atoms with E-state index in [0.717, 1.165) is 31.6 Å². The molecule has 2 heterocycles. The number of nitrogens with one attached hydrogen (secondary N) is 2. The van der Waals surface area contributed by atoms with Crippen LogP contribution in [0.25, 0.3) is 0 Å². The Morgan fingerprint density at radius 2 is 2.05 bits per heavy atom. The van der Waals surface area contributed by atoms with Crippen LogP contribution in [0.4, 0.5) is 0 Å². The monoisotopic (exact) mass is 326 g/mol. The van der Waals surface area contributed by atoms with E-state index in [-0.39, 0.29) is 0 Å². The van der Waals surface area contributed by atoms with E-state index in [1.807, 2.05) is 28.0 Å². The predicted octanol–water partition coefficient (Wildman–Crippen LogP) is 1.81. The third-order valence-electron chi connectivity index (χ3n) is 2.92. The Balaban J connectivity index is 1.59. The second-order valence-corrected chi connectivity index (χ2v) is 5.43. The van der Waals surface area contributed by atoms with Crippen molar-refractivity contribution in [1.29, 1.82) is 0 Å². The van der Waals surface area contributed by atoms with Crippen LogP contribution in [-0.4, -0.2) is 31.2 Å². The van der Waals surface area contributed by atoms with Crippen molar-refractivity contribution in [3.63, 3.8) is 0 Å². The molecule has 0 aromatic carbocycles. The largest absolute Gasteiger partial charge is 0.363 e. The van der Waals surface area contributed by atoms with Gasteiger partial charge in [-0.3, -0.25) is 9.36 Å². The van der Waals surface area contributed by atoms with Gasteiger partial charge in [-0.1, -0.05) is 11.6 Å². The molecule has 2 aromatic heterocycles. The topological polar surface area (TPSA) is 59.7 Å². The average Bonchev–Trinajstić information content (AvgIpc) is 3.10. The normalized spacial score (nSPS) is 10.6. The molecule has 0 saturated heterocycles. The Morgan fingerprint density at radius 1 is 1.24 bits per heavy atom. The Morgan fingerprint density at radius 3 is 2.71 bits per heavy atom. The summed E-state index contributed by atoms with van der Waals surface area (Å²) in [7, 11) is 0. The molecule has 114 valence electrons. The molecular formula is C13H19ClN6S. The molecule has 6 nitrogen and oxygen atoms in total. The highest BCUT2D eigenvalue weighted by molar-refractivity contribution is 7.80. The lowest BCUT2D eigenvalue weighted by atomic mass is 10.3. The summed E-state index contributed by atoms with van der Waals surface area (Å²) in [6.45, 7) is 5.22. The molecule has 0 aliphatic rings. The van der Waals surface area contributed by atoms with Gasteiger partial charge in [-0.2, -0.15) is 10.2 Å². The number of nitrogens with zero attached hydrogens (tertiary/aromatic N) is 4. The molecule has 0 radical (unpaired) electrons. The lowest BCUT2D eigenvalue weighted by Crippen LogP contribution is -2.35. The third-order valence-corrected chi connectivity index (χ3v) is 3.40. The van der Waals surface area contributed by atoms with Gasteiger partial charge in [0.1, 0.15) is 0 Å². The standard InChI is InChI=1S/C13H19ClN6S/c1-2-19-9-11(7-17-19)6-16-13(21)15-4-3-5-20-10-12(14)8-18-20/h7-10H,2-6H2,1H3,(H2,15,16,21). The number of halogens is 1. The van der Waals surface area contributed by atoms with E-state index in [2.05, 4.69) is 27.8 Å². The number of aryl methyl sites for hydroxylation is 2. The highest BCUT2D eigenvalue weighted by Gasteiger charge is 2.00. The molecule has 0 aliphatic carbocycles. The van der Waals surface area contributed by atoms with Crippen molar-refractivity contribution in [2.24, 2.45) is 0 Å². The zero-order chi connectivity index (χ0) is 15.1. The van der Waals surface area contributed by atoms with Crippen LogP contribution in [0.15, 0.2) is 24.8 Å². The molecule has 8 heteroatoms. The fourth-order valence-corrected chi connectivity index (χ4v) is 2.15. The summed E-state index contributed by atoms with van der Waals surface area (Å²) in [5.74, 6) is 0. The van der Waals surface area contributed by atoms with E-state index in [9.17, 15) is 0 Å². The first kappa shape index (κ1) is 15.8. The third kappa shape index (κ3) is 5.35. The molecule has 2 rings (SSSR count). The van der Waals surface area contributed by atoms with Crippen molar-refractivity contribution in [2.75, 3.05) is 6.54 Å². The van der Waals surface area contributed by atoms with Crippen LogP contribution in [0.2, 0.25) is 5.02 Å². The van der Waals surface area contributed by atoms with E-state index in [0.29, 0.717) is 16.7 Å². The van der Waals surface area contributed by atoms with E-state index in [1.54, 1.807) is 6.20 Å². The lowest BCUT2D eigenvalue weighted by Gasteiger charge is -2.09. The van der Waals surface area contributed by atoms with Gasteiger partial charge in [-0.15, -0.1) is 0 Å². The summed E-state index contributed by atoms with van der Waals surface area (Å²) in [6, 6.07) is 0. The van der Waals surface area contributed by atoms with Crippen LogP contribution in [0.5, 0.6) is 0 Å². The van der Waals surface area contributed by atoms with Crippen molar-refractivity contribution >= 4 is 28.9 Å². The second-order valence-electron chi connectivity index (χ2n) is 4.59. The van der Waals surface area contributed by atoms with Crippen LogP contribution in [0, 0.1) is 0 Å². The molecule has 0 atom stereocenters. The zero-order valence-corrected chi connectivity index (χ0v) is 13.5. The molecule has 0 fully saturated rings. The first-order valence-corrected chi connectivity index (χ1v) is 7.67. The maximum atomic E-state index is 5.80. The predicted molar refractivity (Wildman–Crippen MR) is 87.2 cm³/mol. The second kappa shape index (κ2) is 7.99. The number of rotatable bonds is 7. The first-order valence-electron chi connectivity index (χ1n) is 6.88. The van der Waals surface area contributed by atoms with Gasteiger partial charge in [0.15, 0.2) is 5.11 Å². The average molecular weight is 327 g/mol. The van der Waals surface area contributed by atoms with Crippen LogP contribution < -0.4 is 10.6 Å². The van der Waals surface area contributed by atoms with Crippen LogP contribution in [0.1, 0.15) is 18.9 Å². The van der Waals surface area contributed by atoms with Crippen LogP contribution in [-0.2, 0) is 19.6 Å². The van der Waals surface area contributed by atoms with Crippen molar-refractivity contribution in [3.05, 3.63) is 35.4 Å². The summed E-state index contributed by atoms with van der Waals surface area (Å²) in [4.78, 5) is 0. The highest BCUT2D eigenvalue weighted by Crippen LogP contribution is 2.04. The van der Waals surface area contributed by atoms with E-state index in [4.69, 9.17) is 23.8 Å². The lowest BCUT2D eigenvalue weighted by molar-refractivity contribution is 0.571. The molecular weight excluding hydrogens is 308 g/mol. The Kier molecular flexibility index (Phi) is 6.01. The van der Waals surface area contributed by atoms with Crippen LogP contribution >= 0.6 is 23.8 Å². The number of hydrogen-bond donors (Lipinski definition) is 2. The van der Waals surface area contributed by atoms with Gasteiger partial charge in [-0.05, 0) is 25.6 Å².